The van der Waals surface area contributed by atoms with Crippen molar-refractivity contribution in [1.82, 2.24) is 19.9 Å². The molecular weight excluding hydrogens is 599 g/mol. The number of aromatic hydroxyl groups is 1. The lowest BCUT2D eigenvalue weighted by Crippen LogP contribution is -2.22. The number of anilines is 1. The van der Waals surface area contributed by atoms with E-state index in [0.717, 1.165) is 13.0 Å². The maximum absolute atomic E-state index is 16.3. The number of terminal acetylenes is 1. The summed E-state index contributed by atoms with van der Waals surface area (Å²) in [6, 6.07) is 5.77. The summed E-state index contributed by atoms with van der Waals surface area (Å²) in [5.74, 6) is 0.759. The molecule has 3 N–H and O–H groups in total. The van der Waals surface area contributed by atoms with Gasteiger partial charge in [0.05, 0.1) is 24.4 Å². The summed E-state index contributed by atoms with van der Waals surface area (Å²) < 4.78 is 54.7. The van der Waals surface area contributed by atoms with E-state index in [0.29, 0.717) is 30.8 Å². The molecule has 2 atom stereocenters. The molecule has 0 radical (unpaired) electrons. The summed E-state index contributed by atoms with van der Waals surface area (Å²) in [5, 5.41) is 24.5. The van der Waals surface area contributed by atoms with Crippen LogP contribution in [0.4, 0.5) is 19.0 Å². The lowest BCUT2D eigenvalue weighted by molar-refractivity contribution is 0.164. The van der Waals surface area contributed by atoms with Gasteiger partial charge in [0.15, 0.2) is 5.82 Å². The number of alkyl halides is 1. The van der Waals surface area contributed by atoms with Gasteiger partial charge in [0.2, 0.25) is 5.88 Å². The Morgan fingerprint density at radius 3 is 2.63 bits per heavy atom. The summed E-state index contributed by atoms with van der Waals surface area (Å²) >= 11 is 0. The average Bonchev–Trinajstić information content (AvgIpc) is 3.42. The summed E-state index contributed by atoms with van der Waals surface area (Å²) in [4.78, 5) is 15.3. The number of rotatable bonds is 7. The highest BCUT2D eigenvalue weighted by atomic mass is 19.1. The van der Waals surface area contributed by atoms with Gasteiger partial charge in [-0.25, -0.2) is 18.2 Å². The fourth-order valence-electron chi connectivity index (χ4n) is 6.18. The number of phenolic OH excluding ortho intramolecular Hbond substituents is 1. The molecule has 4 aromatic rings. The molecule has 7 rings (SSSR count). The van der Waals surface area contributed by atoms with Gasteiger partial charge in [-0.05, 0) is 76.1 Å². The third kappa shape index (κ3) is 6.22. The summed E-state index contributed by atoms with van der Waals surface area (Å²) in [7, 11) is 1.34. The van der Waals surface area contributed by atoms with Gasteiger partial charge in [-0.3, -0.25) is 4.90 Å². The minimum atomic E-state index is -0.876. The van der Waals surface area contributed by atoms with Crippen molar-refractivity contribution in [2.24, 2.45) is 0 Å². The topological polar surface area (TPSA) is 113 Å². The number of benzene rings is 2. The van der Waals surface area contributed by atoms with E-state index < -0.39 is 23.4 Å². The first kappa shape index (κ1) is 31.6. The van der Waals surface area contributed by atoms with Gasteiger partial charge in [-0.2, -0.15) is 9.97 Å². The number of aromatic nitrogens is 3. The fourth-order valence-corrected chi connectivity index (χ4v) is 6.18. The molecule has 0 amide bonds. The van der Waals surface area contributed by atoms with E-state index in [4.69, 9.17) is 15.9 Å². The first-order valence-corrected chi connectivity index (χ1v) is 15.4. The number of phenols is 1. The molecule has 2 unspecified atom stereocenters. The number of ether oxygens (including phenoxy) is 2. The molecule has 1 aliphatic carbocycles. The maximum atomic E-state index is 16.3. The molecule has 0 spiro atoms. The molecule has 1 saturated carbocycles. The molecule has 3 aliphatic rings. The van der Waals surface area contributed by atoms with Crippen LogP contribution in [0.1, 0.15) is 51.5 Å². The van der Waals surface area contributed by atoms with Crippen LogP contribution in [0.5, 0.6) is 17.6 Å². The number of hydrogen-bond acceptors (Lipinski definition) is 9. The third-order valence-electron chi connectivity index (χ3n) is 8.58. The van der Waals surface area contributed by atoms with E-state index in [1.54, 1.807) is 13.8 Å². The van der Waals surface area contributed by atoms with Crippen LogP contribution in [0.2, 0.25) is 0 Å². The SMILES string of the molecule is C#Cc1c(F)ccc2cc(O)cc(-c3nc(OC(C)C)c4c(NCC5(O)CC5)nc(OC)nc4c3F)c12.FC1CC2CCCN2C1. The normalized spacial score (nSPS) is 19.9. The van der Waals surface area contributed by atoms with Gasteiger partial charge in [0.25, 0.3) is 0 Å². The number of fused-ring (bicyclic) bond motifs is 3. The smallest absolute Gasteiger partial charge is 0.318 e. The van der Waals surface area contributed by atoms with Gasteiger partial charge >= 0.3 is 6.01 Å². The van der Waals surface area contributed by atoms with Gasteiger partial charge in [-0.1, -0.05) is 12.0 Å². The van der Waals surface area contributed by atoms with Crippen LogP contribution in [0.3, 0.4) is 0 Å². The zero-order valence-electron chi connectivity index (χ0n) is 25.9. The predicted molar refractivity (Wildman–Crippen MR) is 169 cm³/mol. The largest absolute Gasteiger partial charge is 0.508 e. The molecule has 2 saturated heterocycles. The van der Waals surface area contributed by atoms with Crippen LogP contribution < -0.4 is 14.8 Å². The number of aliphatic hydroxyl groups is 1. The van der Waals surface area contributed by atoms with Crippen molar-refractivity contribution in [3.8, 4) is 41.2 Å². The van der Waals surface area contributed by atoms with E-state index in [1.165, 1.54) is 44.2 Å². The molecule has 0 bridgehead atoms. The fraction of sp³-hybridized carbons (Fsp3) is 0.441. The van der Waals surface area contributed by atoms with Crippen LogP contribution in [-0.2, 0) is 0 Å². The Balaban J connectivity index is 0.000000352. The van der Waals surface area contributed by atoms with Gasteiger partial charge in [-0.15, -0.1) is 6.42 Å². The van der Waals surface area contributed by atoms with Crippen molar-refractivity contribution in [2.75, 3.05) is 32.1 Å². The molecule has 46 heavy (non-hydrogen) atoms. The molecule has 2 aromatic carbocycles. The number of methoxy groups -OCH3 is 1. The second kappa shape index (κ2) is 12.5. The predicted octanol–water partition coefficient (Wildman–Crippen LogP) is 5.74. The average molecular weight is 636 g/mol. The van der Waals surface area contributed by atoms with E-state index in [2.05, 4.69) is 31.1 Å². The number of hydrogen-bond donors (Lipinski definition) is 3. The number of pyridine rings is 1. The summed E-state index contributed by atoms with van der Waals surface area (Å²) in [6.07, 6.45) is 9.31. The monoisotopic (exact) mass is 635 g/mol. The molecular formula is C34H36F3N5O4. The highest BCUT2D eigenvalue weighted by Gasteiger charge is 2.40. The standard InChI is InChI=1S/C27H24F2N4O4.C7H12FN/c1-5-16-18(28)7-6-14-10-15(34)11-17(19(14)16)22-21(29)23-20(25(31-22)37-13(2)3)24(33-26(32-23)36-4)30-12-27(35)8-9-27;8-6-4-7-2-1-3-9(7)5-6/h1,6-7,10-11,13,34-35H,8-9,12H2,2-4H3,(H,30,32,33);6-7H,1-5H2. The quantitative estimate of drug-likeness (QED) is 0.219. The van der Waals surface area contributed by atoms with E-state index in [9.17, 15) is 19.0 Å². The maximum Gasteiger partial charge on any atom is 0.318 e. The molecule has 3 fully saturated rings. The Bertz CT molecular complexity index is 1830. The zero-order valence-corrected chi connectivity index (χ0v) is 25.9. The van der Waals surface area contributed by atoms with Crippen LogP contribution in [0, 0.1) is 24.0 Å². The van der Waals surface area contributed by atoms with Crippen LogP contribution in [-0.4, -0.2) is 80.7 Å². The lowest BCUT2D eigenvalue weighted by Gasteiger charge is -2.19. The molecule has 242 valence electrons. The van der Waals surface area contributed by atoms with Gasteiger partial charge in [0, 0.05) is 30.1 Å². The van der Waals surface area contributed by atoms with E-state index >= 15 is 4.39 Å². The van der Waals surface area contributed by atoms with Crippen molar-refractivity contribution in [2.45, 2.75) is 69.9 Å². The minimum absolute atomic E-state index is 0.00416. The first-order valence-electron chi connectivity index (χ1n) is 15.4. The highest BCUT2D eigenvalue weighted by molar-refractivity contribution is 6.04. The highest BCUT2D eigenvalue weighted by Crippen LogP contribution is 2.42. The van der Waals surface area contributed by atoms with Crippen molar-refractivity contribution >= 4 is 27.5 Å². The van der Waals surface area contributed by atoms with Crippen molar-refractivity contribution in [3.63, 3.8) is 0 Å². The van der Waals surface area contributed by atoms with Crippen molar-refractivity contribution in [3.05, 3.63) is 41.5 Å². The first-order chi connectivity index (χ1) is 22.0. The lowest BCUT2D eigenvalue weighted by atomic mass is 9.95. The number of nitrogens with one attached hydrogen (secondary N) is 1. The van der Waals surface area contributed by atoms with Crippen molar-refractivity contribution < 1.29 is 32.9 Å². The Labute approximate surface area is 264 Å². The van der Waals surface area contributed by atoms with Crippen LogP contribution >= 0.6 is 0 Å². The molecule has 2 aliphatic heterocycles. The zero-order chi connectivity index (χ0) is 32.7. The van der Waals surface area contributed by atoms with E-state index in [-0.39, 0.29) is 69.2 Å². The number of nitrogens with zero attached hydrogens (tertiary/aromatic N) is 4. The second-order valence-electron chi connectivity index (χ2n) is 12.4. The summed E-state index contributed by atoms with van der Waals surface area (Å²) in [5.41, 5.74) is -1.33. The molecule has 4 heterocycles. The van der Waals surface area contributed by atoms with E-state index in [1.807, 2.05) is 0 Å². The van der Waals surface area contributed by atoms with Crippen molar-refractivity contribution in [1.29, 1.82) is 0 Å². The third-order valence-corrected chi connectivity index (χ3v) is 8.58. The van der Waals surface area contributed by atoms with Gasteiger partial charge < -0.3 is 25.0 Å². The van der Waals surface area contributed by atoms with Gasteiger partial charge in [0.1, 0.15) is 40.2 Å². The minimum Gasteiger partial charge on any atom is -0.508 e. The Hall–Kier alpha value is -4.34. The Morgan fingerprint density at radius 2 is 1.96 bits per heavy atom. The second-order valence-corrected chi connectivity index (χ2v) is 12.4. The molecule has 9 nitrogen and oxygen atoms in total. The molecule has 12 heteroatoms. The number of halogens is 3. The Morgan fingerprint density at radius 1 is 1.17 bits per heavy atom. The van der Waals surface area contributed by atoms with Crippen LogP contribution in [0.25, 0.3) is 32.9 Å². The van der Waals surface area contributed by atoms with Crippen LogP contribution in [0.15, 0.2) is 24.3 Å². The summed E-state index contributed by atoms with van der Waals surface area (Å²) in [6.45, 7) is 5.58. The molecule has 2 aromatic heterocycles. The Kier molecular flexibility index (Phi) is 8.56.